The van der Waals surface area contributed by atoms with E-state index in [1.54, 1.807) is 0 Å². The predicted octanol–water partition coefficient (Wildman–Crippen LogP) is 3.58. The first-order valence-electron chi connectivity index (χ1n) is 10.4. The molecule has 1 atom stereocenters. The zero-order chi connectivity index (χ0) is 22.7. The van der Waals surface area contributed by atoms with Crippen LogP contribution in [-0.2, 0) is 23.8 Å². The molecule has 0 bridgehead atoms. The highest BCUT2D eigenvalue weighted by Crippen LogP contribution is 2.30. The molecule has 2 saturated heterocycles. The molecule has 4 rings (SSSR count). The number of cyclic esters (lactones) is 2. The summed E-state index contributed by atoms with van der Waals surface area (Å²) in [5.41, 5.74) is 1.79. The molecule has 8 heteroatoms. The number of para-hydroxylation sites is 2. The van der Waals surface area contributed by atoms with Gasteiger partial charge in [-0.1, -0.05) is 29.8 Å². The van der Waals surface area contributed by atoms with E-state index in [9.17, 15) is 9.59 Å². The van der Waals surface area contributed by atoms with Gasteiger partial charge in [0, 0.05) is 26.6 Å². The maximum absolute atomic E-state index is 12.2. The Bertz CT molecular complexity index is 1010. The molecule has 2 aromatic rings. The summed E-state index contributed by atoms with van der Waals surface area (Å²) in [5, 5.41) is 3.33. The number of hydrogen-bond acceptors (Lipinski definition) is 8. The van der Waals surface area contributed by atoms with E-state index in [1.165, 1.54) is 20.0 Å². The number of morpholine rings is 1. The number of anilines is 1. The quantitative estimate of drug-likeness (QED) is 0.431. The summed E-state index contributed by atoms with van der Waals surface area (Å²) in [4.78, 5) is 26.3. The molecule has 1 unspecified atom stereocenters. The molecule has 0 aromatic heterocycles. The Labute approximate surface area is 186 Å². The molecule has 0 radical (unpaired) electrons. The van der Waals surface area contributed by atoms with Crippen LogP contribution in [0.5, 0.6) is 11.5 Å². The number of benzene rings is 2. The molecule has 2 heterocycles. The Kier molecular flexibility index (Phi) is 6.05. The number of carbonyl (C=O) groups is 2. The first kappa shape index (κ1) is 21.7. The third-order valence-electron chi connectivity index (χ3n) is 4.98. The van der Waals surface area contributed by atoms with Crippen LogP contribution in [0.3, 0.4) is 0 Å². The molecule has 168 valence electrons. The minimum Gasteiger partial charge on any atom is -0.455 e. The Balaban J connectivity index is 1.44. The van der Waals surface area contributed by atoms with Gasteiger partial charge in [-0.15, -0.1) is 0 Å². The number of esters is 2. The van der Waals surface area contributed by atoms with Crippen LogP contribution in [0.25, 0.3) is 0 Å². The van der Waals surface area contributed by atoms with Gasteiger partial charge in [-0.05, 0) is 31.2 Å². The van der Waals surface area contributed by atoms with Gasteiger partial charge in [0.2, 0.25) is 0 Å². The first-order chi connectivity index (χ1) is 15.3. The molecule has 0 aliphatic carbocycles. The molecule has 2 aliphatic rings. The van der Waals surface area contributed by atoms with Crippen molar-refractivity contribution in [2.75, 3.05) is 25.0 Å². The third kappa shape index (κ3) is 5.20. The second kappa shape index (κ2) is 8.92. The van der Waals surface area contributed by atoms with Gasteiger partial charge in [0.1, 0.15) is 12.0 Å². The van der Waals surface area contributed by atoms with Crippen molar-refractivity contribution < 1.29 is 28.5 Å². The van der Waals surface area contributed by atoms with Gasteiger partial charge in [-0.2, -0.15) is 0 Å². The average molecular weight is 438 g/mol. The van der Waals surface area contributed by atoms with E-state index < -0.39 is 17.7 Å². The topological polar surface area (TPSA) is 86.3 Å². The molecule has 8 nitrogen and oxygen atoms in total. The maximum Gasteiger partial charge on any atom is 0.350 e. The van der Waals surface area contributed by atoms with Gasteiger partial charge in [0.25, 0.3) is 5.79 Å². The highest BCUT2D eigenvalue weighted by atomic mass is 16.7. The molecule has 2 aliphatic heterocycles. The smallest absolute Gasteiger partial charge is 0.350 e. The maximum atomic E-state index is 12.2. The number of aryl methyl sites for hydroxylation is 1. The molecule has 32 heavy (non-hydrogen) atoms. The summed E-state index contributed by atoms with van der Waals surface area (Å²) in [6.07, 6.45) is 1.10. The number of nitrogens with one attached hydrogen (secondary N) is 1. The number of rotatable bonds is 5. The highest BCUT2D eigenvalue weighted by molar-refractivity contribution is 6.15. The fourth-order valence-corrected chi connectivity index (χ4v) is 3.40. The van der Waals surface area contributed by atoms with Crippen molar-refractivity contribution >= 4 is 17.6 Å². The number of carbonyl (C=O) groups excluding carboxylic acids is 2. The van der Waals surface area contributed by atoms with Crippen LogP contribution < -0.4 is 10.1 Å². The van der Waals surface area contributed by atoms with Gasteiger partial charge in [-0.25, -0.2) is 9.59 Å². The van der Waals surface area contributed by atoms with E-state index in [2.05, 4.69) is 5.32 Å². The minimum absolute atomic E-state index is 0.131. The van der Waals surface area contributed by atoms with E-state index in [-0.39, 0.29) is 11.8 Å². The number of hydrogen-bond donors (Lipinski definition) is 1. The van der Waals surface area contributed by atoms with Crippen molar-refractivity contribution in [3.63, 3.8) is 0 Å². The van der Waals surface area contributed by atoms with E-state index in [4.69, 9.17) is 18.9 Å². The number of nitrogens with zero attached hydrogens (tertiary/aromatic N) is 1. The van der Waals surface area contributed by atoms with Crippen molar-refractivity contribution in [2.24, 2.45) is 0 Å². The van der Waals surface area contributed by atoms with E-state index in [1.807, 2.05) is 60.4 Å². The van der Waals surface area contributed by atoms with Gasteiger partial charge >= 0.3 is 11.9 Å². The lowest BCUT2D eigenvalue weighted by molar-refractivity contribution is -0.222. The second-order valence-corrected chi connectivity index (χ2v) is 8.13. The zero-order valence-electron chi connectivity index (χ0n) is 18.3. The summed E-state index contributed by atoms with van der Waals surface area (Å²) >= 11 is 0. The van der Waals surface area contributed by atoms with Crippen LogP contribution in [0.4, 0.5) is 5.69 Å². The molecule has 1 N–H and O–H groups in total. The van der Waals surface area contributed by atoms with E-state index in [0.717, 1.165) is 17.0 Å². The fraction of sp³-hybridized carbons (Fsp3) is 0.333. The van der Waals surface area contributed by atoms with Crippen molar-refractivity contribution in [3.8, 4) is 11.5 Å². The van der Waals surface area contributed by atoms with Gasteiger partial charge in [0.15, 0.2) is 11.3 Å². The van der Waals surface area contributed by atoms with Crippen LogP contribution >= 0.6 is 0 Å². The van der Waals surface area contributed by atoms with Crippen molar-refractivity contribution in [2.45, 2.75) is 32.8 Å². The van der Waals surface area contributed by atoms with Gasteiger partial charge in [0.05, 0.1) is 18.8 Å². The van der Waals surface area contributed by atoms with Crippen LogP contribution in [0, 0.1) is 6.92 Å². The molecule has 2 aromatic carbocycles. The third-order valence-corrected chi connectivity index (χ3v) is 4.98. The molecule has 0 spiro atoms. The second-order valence-electron chi connectivity index (χ2n) is 8.13. The molecular formula is C24H26N2O6. The van der Waals surface area contributed by atoms with Crippen LogP contribution in [0.2, 0.25) is 0 Å². The summed E-state index contributed by atoms with van der Waals surface area (Å²) in [6.45, 7) is 6.40. The van der Waals surface area contributed by atoms with Crippen LogP contribution in [0.1, 0.15) is 19.4 Å². The average Bonchev–Trinajstić information content (AvgIpc) is 2.73. The van der Waals surface area contributed by atoms with Crippen LogP contribution in [-0.4, -0.2) is 48.5 Å². The zero-order valence-corrected chi connectivity index (χ0v) is 18.3. The van der Waals surface area contributed by atoms with Gasteiger partial charge < -0.3 is 29.2 Å². The Morgan fingerprint density at radius 1 is 1.06 bits per heavy atom. The predicted molar refractivity (Wildman–Crippen MR) is 117 cm³/mol. The highest BCUT2D eigenvalue weighted by Gasteiger charge is 2.39. The molecular weight excluding hydrogens is 412 g/mol. The van der Waals surface area contributed by atoms with E-state index in [0.29, 0.717) is 25.4 Å². The molecule has 0 saturated carbocycles. The van der Waals surface area contributed by atoms with Crippen LogP contribution in [0.15, 0.2) is 60.3 Å². The number of ether oxygens (including phenoxy) is 4. The lowest BCUT2D eigenvalue weighted by Crippen LogP contribution is -2.46. The summed E-state index contributed by atoms with van der Waals surface area (Å²) in [7, 11) is 0. The summed E-state index contributed by atoms with van der Waals surface area (Å²) in [6, 6.07) is 15.4. The molecule has 2 fully saturated rings. The normalized spacial score (nSPS) is 20.3. The molecule has 0 amide bonds. The lowest BCUT2D eigenvalue weighted by Gasteiger charge is -2.35. The van der Waals surface area contributed by atoms with E-state index >= 15 is 0 Å². The lowest BCUT2D eigenvalue weighted by atomic mass is 10.2. The minimum atomic E-state index is -1.26. The Hall–Kier alpha value is -3.52. The standard InChI is InChI=1S/C24H26N2O6/c1-16-8-10-17(11-9-16)30-20-7-5-4-6-19(20)25-21-15-26(12-13-29-21)14-18-22(27)31-24(2,3)32-23(18)28/h4-11,14,21,25H,12-13,15H2,1-3H3. The Morgan fingerprint density at radius 2 is 1.75 bits per heavy atom. The summed E-state index contributed by atoms with van der Waals surface area (Å²) < 4.78 is 22.2. The largest absolute Gasteiger partial charge is 0.455 e. The monoisotopic (exact) mass is 438 g/mol. The van der Waals surface area contributed by atoms with Crippen molar-refractivity contribution in [1.29, 1.82) is 0 Å². The first-order valence-corrected chi connectivity index (χ1v) is 10.4. The SMILES string of the molecule is Cc1ccc(Oc2ccccc2NC2CN(C=C3C(=O)OC(C)(C)OC3=O)CCO2)cc1. The Morgan fingerprint density at radius 3 is 2.47 bits per heavy atom. The van der Waals surface area contributed by atoms with Crippen molar-refractivity contribution in [1.82, 2.24) is 4.90 Å². The van der Waals surface area contributed by atoms with Gasteiger partial charge in [-0.3, -0.25) is 0 Å². The van der Waals surface area contributed by atoms with Crippen molar-refractivity contribution in [3.05, 3.63) is 65.9 Å². The summed E-state index contributed by atoms with van der Waals surface area (Å²) in [5.74, 6) is -1.25. The fourth-order valence-electron chi connectivity index (χ4n) is 3.40.